The van der Waals surface area contributed by atoms with Gasteiger partial charge in [0, 0.05) is 12.8 Å². The Morgan fingerprint density at radius 1 is 1.50 bits per heavy atom. The summed E-state index contributed by atoms with van der Waals surface area (Å²) >= 11 is 1.79. The van der Waals surface area contributed by atoms with Crippen molar-refractivity contribution in [2.75, 3.05) is 5.75 Å². The molecule has 1 saturated carbocycles. The lowest BCUT2D eigenvalue weighted by Gasteiger charge is -2.08. The van der Waals surface area contributed by atoms with E-state index in [2.05, 4.69) is 11.2 Å². The first-order chi connectivity index (χ1) is 7.72. The Hall–Kier alpha value is -0.950. The van der Waals surface area contributed by atoms with E-state index in [4.69, 9.17) is 5.26 Å². The van der Waals surface area contributed by atoms with Crippen molar-refractivity contribution in [3.05, 3.63) is 11.3 Å². The maximum atomic E-state index is 9.09. The zero-order valence-corrected chi connectivity index (χ0v) is 10.7. The molecule has 86 valence electrons. The highest BCUT2D eigenvalue weighted by Gasteiger charge is 2.18. The zero-order valence-electron chi connectivity index (χ0n) is 9.86. The van der Waals surface area contributed by atoms with E-state index in [9.17, 15) is 0 Å². The van der Waals surface area contributed by atoms with Crippen molar-refractivity contribution >= 4 is 11.8 Å². The molecule has 0 N–H and O–H groups in total. The summed E-state index contributed by atoms with van der Waals surface area (Å²) in [5.74, 6) is 1.97. The van der Waals surface area contributed by atoms with Gasteiger partial charge in [-0.25, -0.2) is 0 Å². The first-order valence-corrected chi connectivity index (χ1v) is 6.77. The molecule has 0 radical (unpaired) electrons. The van der Waals surface area contributed by atoms with Crippen LogP contribution in [0.3, 0.4) is 0 Å². The summed E-state index contributed by atoms with van der Waals surface area (Å²) in [6.07, 6.45) is 5.46. The average Bonchev–Trinajstić information content (AvgIpc) is 2.83. The summed E-state index contributed by atoms with van der Waals surface area (Å²) < 4.78 is 1.84. The van der Waals surface area contributed by atoms with Gasteiger partial charge in [0.05, 0.1) is 5.69 Å². The molecule has 1 aliphatic carbocycles. The van der Waals surface area contributed by atoms with Crippen molar-refractivity contribution in [1.82, 2.24) is 9.78 Å². The standard InChI is InChI=1S/C12H17N3S/c1-9-11(7-13)12(15(2)14-9)16-8-10-5-3-4-6-10/h10H,3-6,8H2,1-2H3. The van der Waals surface area contributed by atoms with Crippen LogP contribution in [-0.4, -0.2) is 15.5 Å². The maximum Gasteiger partial charge on any atom is 0.112 e. The Kier molecular flexibility index (Phi) is 3.55. The third-order valence-corrected chi connectivity index (χ3v) is 4.59. The van der Waals surface area contributed by atoms with Crippen LogP contribution in [-0.2, 0) is 7.05 Å². The Bertz CT molecular complexity index is 411. The fraction of sp³-hybridized carbons (Fsp3) is 0.667. The molecule has 0 amide bonds. The quantitative estimate of drug-likeness (QED) is 0.756. The number of rotatable bonds is 3. The Morgan fingerprint density at radius 2 is 2.19 bits per heavy atom. The smallest absolute Gasteiger partial charge is 0.112 e. The van der Waals surface area contributed by atoms with Gasteiger partial charge < -0.3 is 0 Å². The molecule has 0 atom stereocenters. The van der Waals surface area contributed by atoms with Crippen molar-refractivity contribution in [3.63, 3.8) is 0 Å². The van der Waals surface area contributed by atoms with Gasteiger partial charge in [0.1, 0.15) is 16.7 Å². The Morgan fingerprint density at radius 3 is 2.81 bits per heavy atom. The molecule has 1 aliphatic rings. The largest absolute Gasteiger partial charge is 0.260 e. The minimum absolute atomic E-state index is 0.755. The number of nitriles is 1. The van der Waals surface area contributed by atoms with E-state index in [1.54, 1.807) is 11.8 Å². The van der Waals surface area contributed by atoms with Crippen LogP contribution >= 0.6 is 11.8 Å². The van der Waals surface area contributed by atoms with Crippen molar-refractivity contribution in [1.29, 1.82) is 5.26 Å². The van der Waals surface area contributed by atoms with Crippen molar-refractivity contribution in [2.24, 2.45) is 13.0 Å². The van der Waals surface area contributed by atoms with Gasteiger partial charge >= 0.3 is 0 Å². The average molecular weight is 235 g/mol. The molecule has 1 aromatic rings. The SMILES string of the molecule is Cc1nn(C)c(SCC2CCCC2)c1C#N. The second kappa shape index (κ2) is 4.92. The summed E-state index contributed by atoms with van der Waals surface area (Å²) in [6, 6.07) is 2.26. The minimum Gasteiger partial charge on any atom is -0.260 e. The van der Waals surface area contributed by atoms with E-state index in [1.165, 1.54) is 25.7 Å². The summed E-state index contributed by atoms with van der Waals surface area (Å²) in [7, 11) is 1.92. The predicted molar refractivity (Wildman–Crippen MR) is 65.3 cm³/mol. The molecule has 0 spiro atoms. The Balaban J connectivity index is 2.06. The molecule has 16 heavy (non-hydrogen) atoms. The number of hydrogen-bond acceptors (Lipinski definition) is 3. The molecule has 0 aromatic carbocycles. The first kappa shape index (κ1) is 11.5. The van der Waals surface area contributed by atoms with Gasteiger partial charge in [0.15, 0.2) is 0 Å². The molecule has 1 aromatic heterocycles. The van der Waals surface area contributed by atoms with Crippen LogP contribution in [0.2, 0.25) is 0 Å². The van der Waals surface area contributed by atoms with Crippen LogP contribution in [0.25, 0.3) is 0 Å². The molecule has 0 saturated heterocycles. The van der Waals surface area contributed by atoms with E-state index in [0.29, 0.717) is 0 Å². The van der Waals surface area contributed by atoms with Crippen molar-refractivity contribution in [2.45, 2.75) is 37.6 Å². The lowest BCUT2D eigenvalue weighted by molar-refractivity contribution is 0.620. The van der Waals surface area contributed by atoms with Gasteiger partial charge in [-0.2, -0.15) is 10.4 Å². The number of aryl methyl sites for hydroxylation is 2. The van der Waals surface area contributed by atoms with E-state index in [-0.39, 0.29) is 0 Å². The highest BCUT2D eigenvalue weighted by Crippen LogP contribution is 2.32. The zero-order chi connectivity index (χ0) is 11.5. The number of thioether (sulfide) groups is 1. The number of hydrogen-bond donors (Lipinski definition) is 0. The minimum atomic E-state index is 0.755. The van der Waals surface area contributed by atoms with E-state index in [1.807, 2.05) is 18.7 Å². The van der Waals surface area contributed by atoms with Gasteiger partial charge in [0.2, 0.25) is 0 Å². The normalized spacial score (nSPS) is 16.6. The lowest BCUT2D eigenvalue weighted by atomic mass is 10.1. The highest BCUT2D eigenvalue weighted by atomic mass is 32.2. The maximum absolute atomic E-state index is 9.09. The van der Waals surface area contributed by atoms with Crippen LogP contribution in [0.1, 0.15) is 36.9 Å². The van der Waals surface area contributed by atoms with Crippen LogP contribution < -0.4 is 0 Å². The summed E-state index contributed by atoms with van der Waals surface area (Å²) in [4.78, 5) is 0. The molecule has 0 aliphatic heterocycles. The molecule has 3 nitrogen and oxygen atoms in total. The molecular formula is C12H17N3S. The number of aromatic nitrogens is 2. The lowest BCUT2D eigenvalue weighted by Crippen LogP contribution is -1.99. The molecule has 4 heteroatoms. The van der Waals surface area contributed by atoms with Crippen LogP contribution in [0.4, 0.5) is 0 Å². The van der Waals surface area contributed by atoms with Gasteiger partial charge in [-0.3, -0.25) is 4.68 Å². The van der Waals surface area contributed by atoms with Crippen molar-refractivity contribution < 1.29 is 0 Å². The molecule has 2 rings (SSSR count). The monoisotopic (exact) mass is 235 g/mol. The Labute approximate surface area is 101 Å². The first-order valence-electron chi connectivity index (χ1n) is 5.79. The van der Waals surface area contributed by atoms with E-state index >= 15 is 0 Å². The third-order valence-electron chi connectivity index (χ3n) is 3.21. The third kappa shape index (κ3) is 2.25. The fourth-order valence-electron chi connectivity index (χ4n) is 2.31. The second-order valence-electron chi connectivity index (χ2n) is 4.46. The second-order valence-corrected chi connectivity index (χ2v) is 5.47. The predicted octanol–water partition coefficient (Wildman–Crippen LogP) is 2.88. The van der Waals surface area contributed by atoms with Gasteiger partial charge in [0.25, 0.3) is 0 Å². The van der Waals surface area contributed by atoms with E-state index < -0.39 is 0 Å². The number of nitrogens with zero attached hydrogens (tertiary/aromatic N) is 3. The molecular weight excluding hydrogens is 218 g/mol. The van der Waals surface area contributed by atoms with Gasteiger partial charge in [-0.1, -0.05) is 12.8 Å². The molecule has 0 unspecified atom stereocenters. The van der Waals surface area contributed by atoms with Crippen molar-refractivity contribution in [3.8, 4) is 6.07 Å². The summed E-state index contributed by atoms with van der Waals surface area (Å²) in [5.41, 5.74) is 1.60. The summed E-state index contributed by atoms with van der Waals surface area (Å²) in [6.45, 7) is 1.90. The molecule has 1 heterocycles. The highest BCUT2D eigenvalue weighted by molar-refractivity contribution is 7.99. The van der Waals surface area contributed by atoms with Crippen LogP contribution in [0.5, 0.6) is 0 Å². The van der Waals surface area contributed by atoms with Crippen LogP contribution in [0, 0.1) is 24.2 Å². The molecule has 1 fully saturated rings. The summed E-state index contributed by atoms with van der Waals surface area (Å²) in [5, 5.41) is 14.4. The molecule has 0 bridgehead atoms. The topological polar surface area (TPSA) is 41.6 Å². The van der Waals surface area contributed by atoms with Gasteiger partial charge in [-0.05, 0) is 25.7 Å². The van der Waals surface area contributed by atoms with Gasteiger partial charge in [-0.15, -0.1) is 11.8 Å². The van der Waals surface area contributed by atoms with E-state index in [0.717, 1.165) is 28.0 Å². The fourth-order valence-corrected chi connectivity index (χ4v) is 3.60. The van der Waals surface area contributed by atoms with Crippen LogP contribution in [0.15, 0.2) is 5.03 Å².